The highest BCUT2D eigenvalue weighted by Crippen LogP contribution is 2.22. The van der Waals surface area contributed by atoms with E-state index in [4.69, 9.17) is 9.84 Å². The molecule has 1 unspecified atom stereocenters. The van der Waals surface area contributed by atoms with Crippen molar-refractivity contribution >= 4 is 5.97 Å². The first-order valence-electron chi connectivity index (χ1n) is 7.37. The zero-order valence-corrected chi connectivity index (χ0v) is 13.5. The van der Waals surface area contributed by atoms with Crippen LogP contribution in [-0.2, 0) is 21.4 Å². The Hall–Kier alpha value is -1.39. The zero-order valence-electron chi connectivity index (χ0n) is 13.5. The van der Waals surface area contributed by atoms with E-state index in [0.717, 1.165) is 6.42 Å². The first-order valence-corrected chi connectivity index (χ1v) is 7.37. The maximum Gasteiger partial charge on any atom is 0.307 e. The highest BCUT2D eigenvalue weighted by atomic mass is 16.5. The number of benzene rings is 1. The van der Waals surface area contributed by atoms with Gasteiger partial charge in [0.1, 0.15) is 0 Å². The summed E-state index contributed by atoms with van der Waals surface area (Å²) in [4.78, 5) is 11.4. The van der Waals surface area contributed by atoms with E-state index in [1.165, 1.54) is 18.2 Å². The molecule has 118 valence electrons. The number of methoxy groups -OCH3 is 1. The molecule has 0 aromatic heterocycles. The average molecular weight is 293 g/mol. The first kappa shape index (κ1) is 17.7. The number of hydrogen-bond acceptors (Lipinski definition) is 4. The number of carbonyl (C=O) groups excluding carboxylic acids is 1. The van der Waals surface area contributed by atoms with Gasteiger partial charge in [-0.15, -0.1) is 0 Å². The third-order valence-corrected chi connectivity index (χ3v) is 3.49. The summed E-state index contributed by atoms with van der Waals surface area (Å²) in [7, 11) is 1.39. The highest BCUT2D eigenvalue weighted by Gasteiger charge is 2.16. The van der Waals surface area contributed by atoms with Crippen LogP contribution < -0.4 is 5.32 Å². The summed E-state index contributed by atoms with van der Waals surface area (Å²) in [5, 5.41) is 12.1. The molecule has 0 aliphatic carbocycles. The van der Waals surface area contributed by atoms with Gasteiger partial charge in [-0.05, 0) is 23.0 Å². The quantitative estimate of drug-likeness (QED) is 0.755. The standard InChI is InChI=1S/C17H27NO3/c1-17(2,3)14-7-5-13(6-8-14)11-15(18-9-10-19)12-16(20)21-4/h5-8,15,18-19H,9-12H2,1-4H3. The Kier molecular flexibility index (Phi) is 6.85. The summed E-state index contributed by atoms with van der Waals surface area (Å²) in [5.74, 6) is -0.239. The van der Waals surface area contributed by atoms with E-state index in [9.17, 15) is 4.79 Å². The van der Waals surface area contributed by atoms with Crippen LogP contribution in [0.2, 0.25) is 0 Å². The van der Waals surface area contributed by atoms with Gasteiger partial charge < -0.3 is 15.2 Å². The molecule has 0 amide bonds. The van der Waals surface area contributed by atoms with Crippen LogP contribution >= 0.6 is 0 Å². The van der Waals surface area contributed by atoms with Crippen molar-refractivity contribution in [2.24, 2.45) is 0 Å². The number of nitrogens with one attached hydrogen (secondary N) is 1. The van der Waals surface area contributed by atoms with Crippen molar-refractivity contribution in [1.29, 1.82) is 0 Å². The second-order valence-corrected chi connectivity index (χ2v) is 6.31. The molecule has 0 bridgehead atoms. The minimum absolute atomic E-state index is 0.0231. The number of rotatable bonds is 7. The van der Waals surface area contributed by atoms with Crippen LogP contribution in [0.1, 0.15) is 38.3 Å². The Morgan fingerprint density at radius 1 is 1.29 bits per heavy atom. The van der Waals surface area contributed by atoms with Crippen LogP contribution in [0.3, 0.4) is 0 Å². The summed E-state index contributed by atoms with van der Waals surface area (Å²) in [6, 6.07) is 8.45. The minimum atomic E-state index is -0.239. The lowest BCUT2D eigenvalue weighted by Crippen LogP contribution is -2.35. The third-order valence-electron chi connectivity index (χ3n) is 3.49. The molecule has 1 aromatic carbocycles. The molecule has 1 aromatic rings. The van der Waals surface area contributed by atoms with Crippen molar-refractivity contribution in [3.63, 3.8) is 0 Å². The Bertz CT molecular complexity index is 434. The molecule has 0 spiro atoms. The van der Waals surface area contributed by atoms with Gasteiger partial charge in [0, 0.05) is 12.6 Å². The number of hydrogen-bond donors (Lipinski definition) is 2. The van der Waals surface area contributed by atoms with Gasteiger partial charge in [-0.25, -0.2) is 0 Å². The molecule has 4 nitrogen and oxygen atoms in total. The molecule has 1 atom stereocenters. The van der Waals surface area contributed by atoms with E-state index in [-0.39, 0.29) is 24.0 Å². The number of aliphatic hydroxyl groups is 1. The van der Waals surface area contributed by atoms with Crippen molar-refractivity contribution in [2.75, 3.05) is 20.3 Å². The number of aliphatic hydroxyl groups excluding tert-OH is 1. The molecule has 0 saturated heterocycles. The Morgan fingerprint density at radius 3 is 2.38 bits per heavy atom. The number of ether oxygens (including phenoxy) is 1. The topological polar surface area (TPSA) is 58.6 Å². The molecule has 0 radical (unpaired) electrons. The summed E-state index contributed by atoms with van der Waals surface area (Å²) in [5.41, 5.74) is 2.60. The van der Waals surface area contributed by atoms with E-state index >= 15 is 0 Å². The number of esters is 1. The van der Waals surface area contributed by atoms with Crippen molar-refractivity contribution in [2.45, 2.75) is 45.1 Å². The second-order valence-electron chi connectivity index (χ2n) is 6.31. The van der Waals surface area contributed by atoms with Gasteiger partial charge in [0.05, 0.1) is 20.1 Å². The SMILES string of the molecule is COC(=O)CC(Cc1ccc(C(C)(C)C)cc1)NCCO. The van der Waals surface area contributed by atoms with Gasteiger partial charge in [0.25, 0.3) is 0 Å². The Balaban J connectivity index is 2.71. The minimum Gasteiger partial charge on any atom is -0.469 e. The van der Waals surface area contributed by atoms with E-state index < -0.39 is 0 Å². The lowest BCUT2D eigenvalue weighted by molar-refractivity contribution is -0.141. The molecular weight excluding hydrogens is 266 g/mol. The highest BCUT2D eigenvalue weighted by molar-refractivity contribution is 5.70. The average Bonchev–Trinajstić information content (AvgIpc) is 2.44. The maximum atomic E-state index is 11.4. The largest absolute Gasteiger partial charge is 0.469 e. The fourth-order valence-electron chi connectivity index (χ4n) is 2.20. The predicted molar refractivity (Wildman–Crippen MR) is 84.4 cm³/mol. The van der Waals surface area contributed by atoms with Crippen LogP contribution in [0.5, 0.6) is 0 Å². The summed E-state index contributed by atoms with van der Waals surface area (Å²) >= 11 is 0. The van der Waals surface area contributed by atoms with Crippen LogP contribution in [0.4, 0.5) is 0 Å². The van der Waals surface area contributed by atoms with E-state index in [1.54, 1.807) is 0 Å². The molecule has 0 aliphatic rings. The fourth-order valence-corrected chi connectivity index (χ4v) is 2.20. The Morgan fingerprint density at radius 2 is 1.90 bits per heavy atom. The lowest BCUT2D eigenvalue weighted by atomic mass is 9.86. The summed E-state index contributed by atoms with van der Waals surface area (Å²) < 4.78 is 4.72. The van der Waals surface area contributed by atoms with Gasteiger partial charge in [-0.3, -0.25) is 4.79 Å². The predicted octanol–water partition coefficient (Wildman–Crippen LogP) is 2.04. The molecule has 2 N–H and O–H groups in total. The molecule has 0 fully saturated rings. The van der Waals surface area contributed by atoms with Gasteiger partial charge >= 0.3 is 5.97 Å². The third kappa shape index (κ3) is 6.27. The molecule has 0 heterocycles. The van der Waals surface area contributed by atoms with E-state index in [0.29, 0.717) is 13.0 Å². The van der Waals surface area contributed by atoms with Crippen LogP contribution in [0, 0.1) is 0 Å². The molecule has 0 aliphatic heterocycles. The summed E-state index contributed by atoms with van der Waals surface area (Å²) in [6.07, 6.45) is 1.04. The van der Waals surface area contributed by atoms with Crippen molar-refractivity contribution in [3.8, 4) is 0 Å². The Labute approximate surface area is 127 Å². The van der Waals surface area contributed by atoms with Crippen molar-refractivity contribution in [3.05, 3.63) is 35.4 Å². The first-order chi connectivity index (χ1) is 9.86. The second kappa shape index (κ2) is 8.15. The smallest absolute Gasteiger partial charge is 0.307 e. The van der Waals surface area contributed by atoms with Crippen LogP contribution in [0.25, 0.3) is 0 Å². The molecule has 4 heteroatoms. The lowest BCUT2D eigenvalue weighted by Gasteiger charge is -2.20. The van der Waals surface area contributed by atoms with Gasteiger partial charge in [0.2, 0.25) is 0 Å². The van der Waals surface area contributed by atoms with E-state index in [2.05, 4.69) is 50.4 Å². The monoisotopic (exact) mass is 293 g/mol. The normalized spacial score (nSPS) is 13.0. The number of carbonyl (C=O) groups is 1. The fraction of sp³-hybridized carbons (Fsp3) is 0.588. The molecular formula is C17H27NO3. The van der Waals surface area contributed by atoms with Crippen molar-refractivity contribution < 1.29 is 14.6 Å². The van der Waals surface area contributed by atoms with Gasteiger partial charge in [0.15, 0.2) is 0 Å². The van der Waals surface area contributed by atoms with Gasteiger partial charge in [-0.1, -0.05) is 45.0 Å². The van der Waals surface area contributed by atoms with Gasteiger partial charge in [-0.2, -0.15) is 0 Å². The molecule has 0 saturated carbocycles. The van der Waals surface area contributed by atoms with Crippen molar-refractivity contribution in [1.82, 2.24) is 5.32 Å². The molecule has 1 rings (SSSR count). The zero-order chi connectivity index (χ0) is 15.9. The van der Waals surface area contributed by atoms with Crippen LogP contribution in [-0.4, -0.2) is 37.4 Å². The molecule has 21 heavy (non-hydrogen) atoms. The van der Waals surface area contributed by atoms with E-state index in [1.807, 2.05) is 0 Å². The van der Waals surface area contributed by atoms with Crippen LogP contribution in [0.15, 0.2) is 24.3 Å². The maximum absolute atomic E-state index is 11.4. The summed E-state index contributed by atoms with van der Waals surface area (Å²) in [6.45, 7) is 7.09.